The van der Waals surface area contributed by atoms with Gasteiger partial charge in [0.25, 0.3) is 0 Å². The fraction of sp³-hybridized carbons (Fsp3) is 0.562. The number of hydrogen-bond acceptors (Lipinski definition) is 3. The molecule has 1 atom stereocenters. The molecule has 0 fully saturated rings. The number of amides is 1. The molecule has 0 spiro atoms. The number of methoxy groups -OCH3 is 2. The monoisotopic (exact) mass is 279 g/mol. The van der Waals surface area contributed by atoms with E-state index in [4.69, 9.17) is 9.47 Å². The lowest BCUT2D eigenvalue weighted by molar-refractivity contribution is -0.123. The first-order valence-electron chi connectivity index (χ1n) is 6.78. The molecule has 1 N–H and O–H groups in total. The normalized spacial score (nSPS) is 12.7. The van der Waals surface area contributed by atoms with Gasteiger partial charge in [0.2, 0.25) is 5.91 Å². The lowest BCUT2D eigenvalue weighted by Crippen LogP contribution is -2.30. The fourth-order valence-electron chi connectivity index (χ4n) is 2.03. The Bertz CT molecular complexity index is 463. The second-order valence-corrected chi connectivity index (χ2v) is 6.13. The number of ether oxygens (including phenoxy) is 2. The van der Waals surface area contributed by atoms with Crippen molar-refractivity contribution in [2.24, 2.45) is 5.41 Å². The van der Waals surface area contributed by atoms with Crippen molar-refractivity contribution < 1.29 is 14.3 Å². The third-order valence-corrected chi connectivity index (χ3v) is 2.97. The van der Waals surface area contributed by atoms with Crippen LogP contribution in [0.2, 0.25) is 0 Å². The lowest BCUT2D eigenvalue weighted by atomic mass is 9.91. The van der Waals surface area contributed by atoms with Gasteiger partial charge in [-0.2, -0.15) is 0 Å². The molecule has 4 nitrogen and oxygen atoms in total. The molecule has 0 aliphatic heterocycles. The standard InChI is InChI=1S/C16H25NO3/c1-11(17-15(18)10-16(2,3)4)13-9-12(19-5)7-8-14(13)20-6/h7-9,11H,10H2,1-6H3,(H,17,18)/t11-/m1/s1. The maximum absolute atomic E-state index is 12.0. The van der Waals surface area contributed by atoms with Gasteiger partial charge >= 0.3 is 0 Å². The van der Waals surface area contributed by atoms with E-state index < -0.39 is 0 Å². The first kappa shape index (κ1) is 16.3. The Morgan fingerprint density at radius 2 is 1.90 bits per heavy atom. The topological polar surface area (TPSA) is 47.6 Å². The van der Waals surface area contributed by atoms with Crippen molar-refractivity contribution in [3.63, 3.8) is 0 Å². The Kier molecular flexibility index (Phi) is 5.43. The van der Waals surface area contributed by atoms with Crippen molar-refractivity contribution in [1.82, 2.24) is 5.32 Å². The minimum Gasteiger partial charge on any atom is -0.497 e. The predicted molar refractivity (Wildman–Crippen MR) is 80.2 cm³/mol. The van der Waals surface area contributed by atoms with Crippen LogP contribution in [-0.4, -0.2) is 20.1 Å². The molecule has 4 heteroatoms. The van der Waals surface area contributed by atoms with Gasteiger partial charge in [-0.25, -0.2) is 0 Å². The van der Waals surface area contributed by atoms with Crippen LogP contribution in [0.25, 0.3) is 0 Å². The van der Waals surface area contributed by atoms with Crippen LogP contribution >= 0.6 is 0 Å². The van der Waals surface area contributed by atoms with E-state index in [1.54, 1.807) is 14.2 Å². The molecule has 0 saturated heterocycles. The van der Waals surface area contributed by atoms with Crippen molar-refractivity contribution in [3.05, 3.63) is 23.8 Å². The van der Waals surface area contributed by atoms with Crippen molar-refractivity contribution >= 4 is 5.91 Å². The summed E-state index contributed by atoms with van der Waals surface area (Å²) in [5.41, 5.74) is 0.886. The van der Waals surface area contributed by atoms with Crippen LogP contribution in [0.15, 0.2) is 18.2 Å². The van der Waals surface area contributed by atoms with Crippen LogP contribution in [0.3, 0.4) is 0 Å². The third-order valence-electron chi connectivity index (χ3n) is 2.97. The summed E-state index contributed by atoms with van der Waals surface area (Å²) in [6.45, 7) is 8.08. The lowest BCUT2D eigenvalue weighted by Gasteiger charge is -2.21. The summed E-state index contributed by atoms with van der Waals surface area (Å²) in [5.74, 6) is 1.53. The number of carbonyl (C=O) groups is 1. The molecule has 0 radical (unpaired) electrons. The van der Waals surface area contributed by atoms with Gasteiger partial charge in [0, 0.05) is 12.0 Å². The zero-order valence-corrected chi connectivity index (χ0v) is 13.2. The highest BCUT2D eigenvalue weighted by atomic mass is 16.5. The quantitative estimate of drug-likeness (QED) is 0.899. The van der Waals surface area contributed by atoms with E-state index in [2.05, 4.69) is 5.32 Å². The van der Waals surface area contributed by atoms with Crippen molar-refractivity contribution in [3.8, 4) is 11.5 Å². The summed E-state index contributed by atoms with van der Waals surface area (Å²) in [6.07, 6.45) is 0.490. The van der Waals surface area contributed by atoms with E-state index in [0.29, 0.717) is 6.42 Å². The van der Waals surface area contributed by atoms with Gasteiger partial charge in [-0.1, -0.05) is 20.8 Å². The first-order valence-corrected chi connectivity index (χ1v) is 6.78. The molecule has 0 aliphatic carbocycles. The number of nitrogens with one attached hydrogen (secondary N) is 1. The maximum atomic E-state index is 12.0. The zero-order chi connectivity index (χ0) is 15.3. The summed E-state index contributed by atoms with van der Waals surface area (Å²) in [4.78, 5) is 12.0. The van der Waals surface area contributed by atoms with Gasteiger partial charge < -0.3 is 14.8 Å². The van der Waals surface area contributed by atoms with Gasteiger partial charge in [-0.3, -0.25) is 4.79 Å². The molecule has 1 aromatic carbocycles. The third kappa shape index (κ3) is 4.76. The van der Waals surface area contributed by atoms with Crippen LogP contribution in [0, 0.1) is 5.41 Å². The summed E-state index contributed by atoms with van der Waals surface area (Å²) >= 11 is 0. The van der Waals surface area contributed by atoms with E-state index in [0.717, 1.165) is 17.1 Å². The molecule has 1 rings (SSSR count). The summed E-state index contributed by atoms with van der Waals surface area (Å²) in [5, 5.41) is 3.00. The number of carbonyl (C=O) groups excluding carboxylic acids is 1. The molecule has 0 bridgehead atoms. The molecule has 20 heavy (non-hydrogen) atoms. The molecule has 0 heterocycles. The summed E-state index contributed by atoms with van der Waals surface area (Å²) in [7, 11) is 3.24. The Morgan fingerprint density at radius 1 is 1.25 bits per heavy atom. The maximum Gasteiger partial charge on any atom is 0.220 e. The van der Waals surface area contributed by atoms with Crippen molar-refractivity contribution in [2.45, 2.75) is 40.2 Å². The van der Waals surface area contributed by atoms with Crippen molar-refractivity contribution in [1.29, 1.82) is 0 Å². The SMILES string of the molecule is COc1ccc(OC)c([C@@H](C)NC(=O)CC(C)(C)C)c1. The van der Waals surface area contributed by atoms with E-state index in [1.165, 1.54) is 0 Å². The van der Waals surface area contributed by atoms with Crippen LogP contribution in [0.5, 0.6) is 11.5 Å². The highest BCUT2D eigenvalue weighted by molar-refractivity contribution is 5.77. The number of rotatable bonds is 5. The van der Waals surface area contributed by atoms with Gasteiger partial charge in [0.05, 0.1) is 20.3 Å². The highest BCUT2D eigenvalue weighted by Crippen LogP contribution is 2.29. The molecular formula is C16H25NO3. The smallest absolute Gasteiger partial charge is 0.220 e. The van der Waals surface area contributed by atoms with Crippen LogP contribution in [0.4, 0.5) is 0 Å². The van der Waals surface area contributed by atoms with E-state index >= 15 is 0 Å². The van der Waals surface area contributed by atoms with Crippen LogP contribution in [-0.2, 0) is 4.79 Å². The second-order valence-electron chi connectivity index (χ2n) is 6.13. The second kappa shape index (κ2) is 6.64. The first-order chi connectivity index (χ1) is 9.26. The molecular weight excluding hydrogens is 254 g/mol. The Labute approximate surface area is 121 Å². The van der Waals surface area contributed by atoms with Crippen molar-refractivity contribution in [2.75, 3.05) is 14.2 Å². The minimum atomic E-state index is -0.130. The van der Waals surface area contributed by atoms with Gasteiger partial charge in [0.1, 0.15) is 11.5 Å². The molecule has 1 amide bonds. The molecule has 0 aromatic heterocycles. The van der Waals surface area contributed by atoms with Gasteiger partial charge in [0.15, 0.2) is 0 Å². The molecule has 0 saturated carbocycles. The average molecular weight is 279 g/mol. The van der Waals surface area contributed by atoms with E-state index in [-0.39, 0.29) is 17.4 Å². The number of benzene rings is 1. The molecule has 1 aromatic rings. The molecule has 0 unspecified atom stereocenters. The van der Waals surface area contributed by atoms with Gasteiger partial charge in [-0.05, 0) is 30.5 Å². The predicted octanol–water partition coefficient (Wildman–Crippen LogP) is 3.32. The van der Waals surface area contributed by atoms with Gasteiger partial charge in [-0.15, -0.1) is 0 Å². The summed E-state index contributed by atoms with van der Waals surface area (Å²) in [6, 6.07) is 5.45. The minimum absolute atomic E-state index is 0.0255. The Morgan fingerprint density at radius 3 is 2.40 bits per heavy atom. The van der Waals surface area contributed by atoms with Crippen LogP contribution < -0.4 is 14.8 Å². The number of hydrogen-bond donors (Lipinski definition) is 1. The Hall–Kier alpha value is -1.71. The zero-order valence-electron chi connectivity index (χ0n) is 13.2. The van der Waals surface area contributed by atoms with E-state index in [1.807, 2.05) is 45.9 Å². The summed E-state index contributed by atoms with van der Waals surface area (Å²) < 4.78 is 10.6. The fourth-order valence-corrected chi connectivity index (χ4v) is 2.03. The van der Waals surface area contributed by atoms with E-state index in [9.17, 15) is 4.79 Å². The largest absolute Gasteiger partial charge is 0.497 e. The molecule has 0 aliphatic rings. The Balaban J connectivity index is 2.85. The average Bonchev–Trinajstić information content (AvgIpc) is 2.35. The van der Waals surface area contributed by atoms with Crippen LogP contribution in [0.1, 0.15) is 45.7 Å². The molecule has 112 valence electrons. The highest BCUT2D eigenvalue weighted by Gasteiger charge is 2.19.